The first-order chi connectivity index (χ1) is 8.65. The van der Waals surface area contributed by atoms with Gasteiger partial charge >= 0.3 is 0 Å². The van der Waals surface area contributed by atoms with Crippen LogP contribution in [0.4, 0.5) is 0 Å². The van der Waals surface area contributed by atoms with E-state index in [1.54, 1.807) is 0 Å². The van der Waals surface area contributed by atoms with Gasteiger partial charge in [0.25, 0.3) is 0 Å². The number of hydrogen-bond donors (Lipinski definition) is 1. The second-order valence-electron chi connectivity index (χ2n) is 4.95. The van der Waals surface area contributed by atoms with E-state index in [-0.39, 0.29) is 6.04 Å². The fraction of sp³-hybridized carbons (Fsp3) is 0.429. The molecule has 0 aliphatic carbocycles. The zero-order chi connectivity index (χ0) is 13.0. The van der Waals surface area contributed by atoms with Gasteiger partial charge < -0.3 is 10.3 Å². The Morgan fingerprint density at radius 3 is 2.61 bits per heavy atom. The lowest BCUT2D eigenvalue weighted by Crippen LogP contribution is -2.13. The summed E-state index contributed by atoms with van der Waals surface area (Å²) in [5.74, 6) is 1.74. The van der Waals surface area contributed by atoms with Crippen molar-refractivity contribution in [1.82, 2.24) is 10.1 Å². The van der Waals surface area contributed by atoms with E-state index in [2.05, 4.69) is 24.0 Å². The molecule has 2 rings (SSSR count). The van der Waals surface area contributed by atoms with E-state index in [9.17, 15) is 0 Å². The molecule has 0 amide bonds. The van der Waals surface area contributed by atoms with Crippen molar-refractivity contribution in [1.29, 1.82) is 0 Å². The second-order valence-corrected chi connectivity index (χ2v) is 4.95. The van der Waals surface area contributed by atoms with Crippen LogP contribution in [0, 0.1) is 5.92 Å². The van der Waals surface area contributed by atoms with Crippen molar-refractivity contribution in [2.75, 3.05) is 0 Å². The van der Waals surface area contributed by atoms with Gasteiger partial charge in [-0.05, 0) is 17.9 Å². The van der Waals surface area contributed by atoms with E-state index in [4.69, 9.17) is 10.3 Å². The standard InChI is InChI=1S/C14H19N3O/c1-10(2)8-12(15)14-16-13(17-18-14)9-11-6-4-3-5-7-11/h3-7,10,12H,8-9,15H2,1-2H3/t12-/m0/s1. The Balaban J connectivity index is 2.02. The Morgan fingerprint density at radius 2 is 1.94 bits per heavy atom. The zero-order valence-corrected chi connectivity index (χ0v) is 10.8. The maximum Gasteiger partial charge on any atom is 0.243 e. The van der Waals surface area contributed by atoms with Crippen LogP contribution in [0.3, 0.4) is 0 Å². The molecule has 4 heteroatoms. The fourth-order valence-corrected chi connectivity index (χ4v) is 1.88. The average Bonchev–Trinajstić information content (AvgIpc) is 2.78. The summed E-state index contributed by atoms with van der Waals surface area (Å²) in [5.41, 5.74) is 7.18. The highest BCUT2D eigenvalue weighted by Crippen LogP contribution is 2.17. The average molecular weight is 245 g/mol. The molecule has 1 heterocycles. The van der Waals surface area contributed by atoms with E-state index in [1.807, 2.05) is 30.3 Å². The van der Waals surface area contributed by atoms with E-state index in [0.717, 1.165) is 6.42 Å². The van der Waals surface area contributed by atoms with E-state index >= 15 is 0 Å². The molecule has 0 unspecified atom stereocenters. The van der Waals surface area contributed by atoms with Crippen LogP contribution in [-0.4, -0.2) is 10.1 Å². The van der Waals surface area contributed by atoms with Crippen LogP contribution in [0.1, 0.15) is 43.6 Å². The predicted molar refractivity (Wildman–Crippen MR) is 69.9 cm³/mol. The summed E-state index contributed by atoms with van der Waals surface area (Å²) >= 11 is 0. The number of hydrogen-bond acceptors (Lipinski definition) is 4. The van der Waals surface area contributed by atoms with Crippen molar-refractivity contribution in [3.05, 3.63) is 47.6 Å². The Labute approximate surface area is 107 Å². The molecule has 0 fully saturated rings. The number of nitrogens with two attached hydrogens (primary N) is 1. The Hall–Kier alpha value is -1.68. The highest BCUT2D eigenvalue weighted by Gasteiger charge is 2.16. The van der Waals surface area contributed by atoms with Gasteiger partial charge in [0, 0.05) is 6.42 Å². The van der Waals surface area contributed by atoms with Gasteiger partial charge in [0.15, 0.2) is 5.82 Å². The van der Waals surface area contributed by atoms with E-state index < -0.39 is 0 Å². The molecule has 0 saturated carbocycles. The molecule has 2 N–H and O–H groups in total. The first-order valence-electron chi connectivity index (χ1n) is 6.27. The largest absolute Gasteiger partial charge is 0.338 e. The lowest BCUT2D eigenvalue weighted by Gasteiger charge is -2.08. The smallest absolute Gasteiger partial charge is 0.243 e. The molecule has 1 aromatic carbocycles. The molecular formula is C14H19N3O. The van der Waals surface area contributed by atoms with Crippen molar-refractivity contribution in [2.45, 2.75) is 32.7 Å². The third-order valence-corrected chi connectivity index (χ3v) is 2.73. The normalized spacial score (nSPS) is 12.9. The van der Waals surface area contributed by atoms with Crippen molar-refractivity contribution in [2.24, 2.45) is 11.7 Å². The monoisotopic (exact) mass is 245 g/mol. The van der Waals surface area contributed by atoms with Crippen molar-refractivity contribution < 1.29 is 4.52 Å². The number of benzene rings is 1. The summed E-state index contributed by atoms with van der Waals surface area (Å²) in [6.07, 6.45) is 1.53. The Bertz CT molecular complexity index is 479. The minimum absolute atomic E-state index is 0.165. The zero-order valence-electron chi connectivity index (χ0n) is 10.8. The third-order valence-electron chi connectivity index (χ3n) is 2.73. The van der Waals surface area contributed by atoms with Gasteiger partial charge in [0.2, 0.25) is 5.89 Å². The first-order valence-corrected chi connectivity index (χ1v) is 6.27. The van der Waals surface area contributed by atoms with Crippen LogP contribution < -0.4 is 5.73 Å². The van der Waals surface area contributed by atoms with E-state index in [1.165, 1.54) is 5.56 Å². The molecule has 0 aliphatic heterocycles. The van der Waals surface area contributed by atoms with E-state index in [0.29, 0.717) is 24.1 Å². The minimum atomic E-state index is -0.165. The molecular weight excluding hydrogens is 226 g/mol. The van der Waals surface area contributed by atoms with Crippen LogP contribution in [0.5, 0.6) is 0 Å². The van der Waals surface area contributed by atoms with Crippen molar-refractivity contribution in [3.63, 3.8) is 0 Å². The molecule has 1 atom stereocenters. The highest BCUT2D eigenvalue weighted by molar-refractivity contribution is 5.18. The van der Waals surface area contributed by atoms with Crippen LogP contribution >= 0.6 is 0 Å². The lowest BCUT2D eigenvalue weighted by atomic mass is 10.0. The van der Waals surface area contributed by atoms with Gasteiger partial charge in [0.05, 0.1) is 6.04 Å². The van der Waals surface area contributed by atoms with Crippen molar-refractivity contribution >= 4 is 0 Å². The fourth-order valence-electron chi connectivity index (χ4n) is 1.88. The summed E-state index contributed by atoms with van der Waals surface area (Å²) < 4.78 is 5.21. The number of rotatable bonds is 5. The summed E-state index contributed by atoms with van der Waals surface area (Å²) in [7, 11) is 0. The molecule has 4 nitrogen and oxygen atoms in total. The Kier molecular flexibility index (Phi) is 4.10. The summed E-state index contributed by atoms with van der Waals surface area (Å²) in [5, 5.41) is 3.97. The second kappa shape index (κ2) is 5.78. The summed E-state index contributed by atoms with van der Waals surface area (Å²) in [6.45, 7) is 4.25. The van der Waals surface area contributed by atoms with Gasteiger partial charge in [-0.15, -0.1) is 0 Å². The van der Waals surface area contributed by atoms with Gasteiger partial charge in [-0.1, -0.05) is 49.3 Å². The SMILES string of the molecule is CC(C)C[C@H](N)c1nc(Cc2ccccc2)no1. The number of nitrogens with zero attached hydrogens (tertiary/aromatic N) is 2. The molecule has 0 bridgehead atoms. The van der Waals surface area contributed by atoms with Crippen LogP contribution in [0.2, 0.25) is 0 Å². The molecule has 0 saturated heterocycles. The van der Waals surface area contributed by atoms with Crippen LogP contribution in [0.25, 0.3) is 0 Å². The topological polar surface area (TPSA) is 64.9 Å². The molecule has 2 aromatic rings. The first kappa shape index (κ1) is 12.8. The number of aromatic nitrogens is 2. The lowest BCUT2D eigenvalue weighted by molar-refractivity contribution is 0.333. The van der Waals surface area contributed by atoms with Crippen LogP contribution in [0.15, 0.2) is 34.9 Å². The van der Waals surface area contributed by atoms with Crippen molar-refractivity contribution in [3.8, 4) is 0 Å². The van der Waals surface area contributed by atoms with Gasteiger partial charge in [-0.2, -0.15) is 4.98 Å². The minimum Gasteiger partial charge on any atom is -0.338 e. The molecule has 0 spiro atoms. The quantitative estimate of drug-likeness (QED) is 0.879. The molecule has 0 radical (unpaired) electrons. The van der Waals surface area contributed by atoms with Gasteiger partial charge in [0.1, 0.15) is 0 Å². The summed E-state index contributed by atoms with van der Waals surface area (Å²) in [6, 6.07) is 9.92. The maximum atomic E-state index is 6.01. The molecule has 1 aromatic heterocycles. The maximum absolute atomic E-state index is 6.01. The molecule has 18 heavy (non-hydrogen) atoms. The van der Waals surface area contributed by atoms with Gasteiger partial charge in [-0.3, -0.25) is 0 Å². The predicted octanol–water partition coefficient (Wildman–Crippen LogP) is 2.71. The van der Waals surface area contributed by atoms with Crippen LogP contribution in [-0.2, 0) is 6.42 Å². The van der Waals surface area contributed by atoms with Gasteiger partial charge in [-0.25, -0.2) is 0 Å². The Morgan fingerprint density at radius 1 is 1.22 bits per heavy atom. The highest BCUT2D eigenvalue weighted by atomic mass is 16.5. The summed E-state index contributed by atoms with van der Waals surface area (Å²) in [4.78, 5) is 4.36. The molecule has 96 valence electrons. The third kappa shape index (κ3) is 3.40. The molecule has 0 aliphatic rings.